The number of carboxylic acid groups (broad SMARTS) is 1. The van der Waals surface area contributed by atoms with Gasteiger partial charge in [-0.3, -0.25) is 0 Å². The number of aromatic amines is 1. The number of alkyl halides is 6. The molecule has 6 rings (SSSR count). The van der Waals surface area contributed by atoms with Gasteiger partial charge in [-0.2, -0.15) is 41.3 Å². The van der Waals surface area contributed by atoms with Crippen molar-refractivity contribution in [1.82, 2.24) is 30.3 Å². The Kier molecular flexibility index (Phi) is 9.18. The highest BCUT2D eigenvalue weighted by molar-refractivity contribution is 5.81. The first-order valence-corrected chi connectivity index (χ1v) is 13.6. The van der Waals surface area contributed by atoms with Crippen LogP contribution in [0.5, 0.6) is 0 Å². The summed E-state index contributed by atoms with van der Waals surface area (Å²) in [5, 5.41) is 19.4. The van der Waals surface area contributed by atoms with Crippen molar-refractivity contribution in [3.63, 3.8) is 0 Å². The molecule has 0 aliphatic carbocycles. The van der Waals surface area contributed by atoms with Crippen LogP contribution in [0.4, 0.5) is 26.3 Å². The summed E-state index contributed by atoms with van der Waals surface area (Å²) in [5.74, 6) is -2.24. The molecule has 6 aromatic rings. The first-order valence-electron chi connectivity index (χ1n) is 13.6. The van der Waals surface area contributed by atoms with Crippen molar-refractivity contribution in [3.05, 3.63) is 120 Å². The van der Waals surface area contributed by atoms with Crippen LogP contribution in [0.3, 0.4) is 0 Å². The summed E-state index contributed by atoms with van der Waals surface area (Å²) in [4.78, 5) is 18.0. The molecule has 8 nitrogen and oxygen atoms in total. The van der Waals surface area contributed by atoms with Gasteiger partial charge in [0.1, 0.15) is 5.82 Å². The predicted molar refractivity (Wildman–Crippen MR) is 158 cm³/mol. The summed E-state index contributed by atoms with van der Waals surface area (Å²) in [6, 6.07) is 29.3. The summed E-state index contributed by atoms with van der Waals surface area (Å²) in [7, 11) is 0. The Hall–Kier alpha value is -5.50. The standard InChI is InChI=1S/C30H23F3N6.C2HF3O2/c31-30(32,33)24-12-13-27-28(16-24)37-29(36-27)23-9-5-8-22(15-23)21-7-4-6-20(14-21)17-34-18-25-19-35-39(38-25)26-10-2-1-3-11-26;3-2(4,5)1(6)7/h1-16,19,34H,17-18H2,(H,36,37);(H,6,7). The van der Waals surface area contributed by atoms with E-state index in [1.54, 1.807) is 11.0 Å². The molecular weight excluding hydrogens is 614 g/mol. The van der Waals surface area contributed by atoms with Gasteiger partial charge in [-0.25, -0.2) is 9.78 Å². The highest BCUT2D eigenvalue weighted by Crippen LogP contribution is 2.32. The maximum Gasteiger partial charge on any atom is 0.490 e. The van der Waals surface area contributed by atoms with E-state index in [1.807, 2.05) is 66.7 Å². The maximum atomic E-state index is 13.1. The largest absolute Gasteiger partial charge is 0.490 e. The molecular formula is C32H24F6N6O2. The van der Waals surface area contributed by atoms with Gasteiger partial charge in [0.15, 0.2) is 0 Å². The fourth-order valence-electron chi connectivity index (χ4n) is 4.43. The Morgan fingerprint density at radius 1 is 0.804 bits per heavy atom. The van der Waals surface area contributed by atoms with Crippen LogP contribution < -0.4 is 5.32 Å². The summed E-state index contributed by atoms with van der Waals surface area (Å²) in [5.41, 5.74) is 5.80. The zero-order valence-electron chi connectivity index (χ0n) is 23.6. The molecule has 14 heteroatoms. The van der Waals surface area contributed by atoms with Crippen molar-refractivity contribution in [1.29, 1.82) is 0 Å². The van der Waals surface area contributed by atoms with Crippen LogP contribution >= 0.6 is 0 Å². The molecule has 0 atom stereocenters. The van der Waals surface area contributed by atoms with Gasteiger partial charge in [0.25, 0.3) is 0 Å². The lowest BCUT2D eigenvalue weighted by Gasteiger charge is -2.08. The monoisotopic (exact) mass is 638 g/mol. The highest BCUT2D eigenvalue weighted by Gasteiger charge is 2.38. The predicted octanol–water partition coefficient (Wildman–Crippen LogP) is 7.42. The number of benzene rings is 4. The molecule has 4 aromatic carbocycles. The molecule has 0 fully saturated rings. The molecule has 0 aliphatic rings. The molecule has 0 radical (unpaired) electrons. The molecule has 0 amide bonds. The van der Waals surface area contributed by atoms with E-state index >= 15 is 0 Å². The lowest BCUT2D eigenvalue weighted by atomic mass is 10.0. The zero-order chi connectivity index (χ0) is 32.9. The quantitative estimate of drug-likeness (QED) is 0.157. The van der Waals surface area contributed by atoms with E-state index in [4.69, 9.17) is 9.90 Å². The van der Waals surface area contributed by atoms with Crippen molar-refractivity contribution in [2.45, 2.75) is 25.4 Å². The van der Waals surface area contributed by atoms with Gasteiger partial charge in [0, 0.05) is 18.7 Å². The normalized spacial score (nSPS) is 11.7. The topological polar surface area (TPSA) is 109 Å². The van der Waals surface area contributed by atoms with Gasteiger partial charge in [-0.05, 0) is 59.2 Å². The third kappa shape index (κ3) is 7.95. The number of nitrogens with zero attached hydrogens (tertiary/aromatic N) is 4. The number of H-pyrrole nitrogens is 1. The number of aromatic nitrogens is 5. The number of imidazole rings is 1. The number of aliphatic carboxylic acids is 1. The molecule has 46 heavy (non-hydrogen) atoms. The van der Waals surface area contributed by atoms with Crippen molar-refractivity contribution in [2.75, 3.05) is 0 Å². The second-order valence-corrected chi connectivity index (χ2v) is 9.96. The van der Waals surface area contributed by atoms with Gasteiger partial charge >= 0.3 is 18.3 Å². The SMILES string of the molecule is FC(F)(F)c1ccc2nc(-c3cccc(-c4cccc(CNCc5cnn(-c6ccccc6)n5)c4)c3)[nH]c2c1.O=C(O)C(F)(F)F. The molecule has 2 aromatic heterocycles. The van der Waals surface area contributed by atoms with Crippen LogP contribution in [0.15, 0.2) is 103 Å². The number of rotatable bonds is 7. The highest BCUT2D eigenvalue weighted by atomic mass is 19.4. The Morgan fingerprint density at radius 2 is 1.48 bits per heavy atom. The van der Waals surface area contributed by atoms with Gasteiger partial charge in [0.05, 0.1) is 34.2 Å². The summed E-state index contributed by atoms with van der Waals surface area (Å²) in [6.07, 6.45) is -7.73. The summed E-state index contributed by atoms with van der Waals surface area (Å²) >= 11 is 0. The summed E-state index contributed by atoms with van der Waals surface area (Å²) in [6.45, 7) is 1.23. The number of nitrogens with one attached hydrogen (secondary N) is 2. The first-order chi connectivity index (χ1) is 21.9. The van der Waals surface area contributed by atoms with Crippen LogP contribution in [0.25, 0.3) is 39.2 Å². The molecule has 0 bridgehead atoms. The number of carboxylic acids is 1. The fraction of sp³-hybridized carbons (Fsp3) is 0.125. The van der Waals surface area contributed by atoms with Crippen molar-refractivity contribution in [3.8, 4) is 28.2 Å². The number of para-hydroxylation sites is 1. The number of hydrogen-bond acceptors (Lipinski definition) is 5. The van der Waals surface area contributed by atoms with E-state index in [-0.39, 0.29) is 0 Å². The van der Waals surface area contributed by atoms with Gasteiger partial charge in [-0.1, -0.05) is 54.6 Å². The van der Waals surface area contributed by atoms with Crippen LogP contribution in [0, 0.1) is 0 Å². The van der Waals surface area contributed by atoms with E-state index in [9.17, 15) is 26.3 Å². The molecule has 3 N–H and O–H groups in total. The Balaban J connectivity index is 0.000000537. The van der Waals surface area contributed by atoms with Crippen LogP contribution in [-0.2, 0) is 24.1 Å². The van der Waals surface area contributed by atoms with E-state index < -0.39 is 23.9 Å². The second kappa shape index (κ2) is 13.2. The average Bonchev–Trinajstić information content (AvgIpc) is 3.68. The van der Waals surface area contributed by atoms with E-state index in [2.05, 4.69) is 37.6 Å². The van der Waals surface area contributed by atoms with Gasteiger partial charge < -0.3 is 15.4 Å². The van der Waals surface area contributed by atoms with Crippen LogP contribution in [-0.4, -0.2) is 42.2 Å². The second-order valence-electron chi connectivity index (χ2n) is 9.96. The van der Waals surface area contributed by atoms with E-state index in [0.717, 1.165) is 45.8 Å². The smallest absolute Gasteiger partial charge is 0.475 e. The molecule has 0 saturated heterocycles. The minimum Gasteiger partial charge on any atom is -0.475 e. The molecule has 0 unspecified atom stereocenters. The van der Waals surface area contributed by atoms with E-state index in [0.29, 0.717) is 29.9 Å². The molecule has 236 valence electrons. The molecule has 0 saturated carbocycles. The molecule has 2 heterocycles. The lowest BCUT2D eigenvalue weighted by Crippen LogP contribution is -2.21. The maximum absolute atomic E-state index is 13.1. The summed E-state index contributed by atoms with van der Waals surface area (Å²) < 4.78 is 71.0. The van der Waals surface area contributed by atoms with Crippen LogP contribution in [0.2, 0.25) is 0 Å². The Labute approximate surface area is 257 Å². The number of halogens is 6. The number of carbonyl (C=O) groups is 1. The first kappa shape index (κ1) is 31.9. The zero-order valence-corrected chi connectivity index (χ0v) is 23.6. The van der Waals surface area contributed by atoms with Crippen LogP contribution in [0.1, 0.15) is 16.8 Å². The third-order valence-electron chi connectivity index (χ3n) is 6.61. The third-order valence-corrected chi connectivity index (χ3v) is 6.61. The average molecular weight is 639 g/mol. The van der Waals surface area contributed by atoms with E-state index in [1.165, 1.54) is 6.07 Å². The fourth-order valence-corrected chi connectivity index (χ4v) is 4.43. The molecule has 0 aliphatic heterocycles. The van der Waals surface area contributed by atoms with Crippen molar-refractivity contribution >= 4 is 17.0 Å². The molecule has 0 spiro atoms. The minimum atomic E-state index is -5.08. The Bertz CT molecular complexity index is 1950. The van der Waals surface area contributed by atoms with Crippen molar-refractivity contribution < 1.29 is 36.2 Å². The number of hydrogen-bond donors (Lipinski definition) is 3. The van der Waals surface area contributed by atoms with Gasteiger partial charge in [-0.15, -0.1) is 0 Å². The Morgan fingerprint density at radius 3 is 2.17 bits per heavy atom. The lowest BCUT2D eigenvalue weighted by molar-refractivity contribution is -0.192. The van der Waals surface area contributed by atoms with Gasteiger partial charge in [0.2, 0.25) is 0 Å². The number of fused-ring (bicyclic) bond motifs is 1. The van der Waals surface area contributed by atoms with Crippen molar-refractivity contribution in [2.24, 2.45) is 0 Å². The minimum absolute atomic E-state index is 0.349.